The van der Waals surface area contributed by atoms with E-state index in [1.165, 1.54) is 38.8 Å². The van der Waals surface area contributed by atoms with Crippen molar-refractivity contribution in [2.45, 2.75) is 64.0 Å². The van der Waals surface area contributed by atoms with Crippen LogP contribution >= 0.6 is 0 Å². The van der Waals surface area contributed by atoms with E-state index in [-0.39, 0.29) is 5.54 Å². The van der Waals surface area contributed by atoms with Crippen LogP contribution in [0.15, 0.2) is 24.3 Å². The minimum absolute atomic E-state index is 0.250. The van der Waals surface area contributed by atoms with Crippen LogP contribution in [0.25, 0.3) is 0 Å². The van der Waals surface area contributed by atoms with Gasteiger partial charge in [0.15, 0.2) is 0 Å². The van der Waals surface area contributed by atoms with Crippen molar-refractivity contribution in [2.75, 3.05) is 19.6 Å². The first-order valence-corrected chi connectivity index (χ1v) is 8.66. The van der Waals surface area contributed by atoms with Crippen molar-refractivity contribution in [3.63, 3.8) is 0 Å². The van der Waals surface area contributed by atoms with Gasteiger partial charge >= 0.3 is 0 Å². The standard InChI is InChI=1S/C19H30N2/c1-4-17-12-20-19(2,3)14-21(17)13-16-10-7-9-15-8-5-6-11-18(15)16/h5-6,8,11,16-17,20H,4,7,9-10,12-14H2,1-3H3. The SMILES string of the molecule is CCC1CNC(C)(C)CN1CC1CCCc2ccccc21. The van der Waals surface area contributed by atoms with Crippen molar-refractivity contribution in [1.82, 2.24) is 10.2 Å². The number of hydrogen-bond acceptors (Lipinski definition) is 2. The zero-order valence-electron chi connectivity index (χ0n) is 13.9. The Hall–Kier alpha value is -0.860. The molecule has 2 unspecified atom stereocenters. The molecule has 0 bridgehead atoms. The lowest BCUT2D eigenvalue weighted by Crippen LogP contribution is -2.62. The maximum atomic E-state index is 3.70. The van der Waals surface area contributed by atoms with Gasteiger partial charge < -0.3 is 5.32 Å². The van der Waals surface area contributed by atoms with Crippen LogP contribution in [-0.4, -0.2) is 36.1 Å². The summed E-state index contributed by atoms with van der Waals surface area (Å²) >= 11 is 0. The quantitative estimate of drug-likeness (QED) is 0.914. The van der Waals surface area contributed by atoms with Crippen LogP contribution in [0.1, 0.15) is 57.1 Å². The second kappa shape index (κ2) is 6.10. The largest absolute Gasteiger partial charge is 0.309 e. The molecule has 0 amide bonds. The van der Waals surface area contributed by atoms with Gasteiger partial charge in [-0.05, 0) is 56.6 Å². The summed E-state index contributed by atoms with van der Waals surface area (Å²) in [4.78, 5) is 2.75. The first kappa shape index (κ1) is 15.1. The molecule has 1 heterocycles. The van der Waals surface area contributed by atoms with E-state index in [0.29, 0.717) is 6.04 Å². The van der Waals surface area contributed by atoms with Gasteiger partial charge in [0.05, 0.1) is 0 Å². The lowest BCUT2D eigenvalue weighted by molar-refractivity contribution is 0.0843. The molecule has 2 aliphatic rings. The third kappa shape index (κ3) is 3.32. The summed E-state index contributed by atoms with van der Waals surface area (Å²) in [6.07, 6.45) is 5.24. The molecule has 1 aromatic rings. The van der Waals surface area contributed by atoms with Crippen LogP contribution in [0, 0.1) is 0 Å². The lowest BCUT2D eigenvalue weighted by Gasteiger charge is -2.46. The monoisotopic (exact) mass is 286 g/mol. The molecule has 1 fully saturated rings. The Balaban J connectivity index is 1.76. The summed E-state index contributed by atoms with van der Waals surface area (Å²) in [5.41, 5.74) is 3.46. The number of nitrogens with zero attached hydrogens (tertiary/aromatic N) is 1. The van der Waals surface area contributed by atoms with Gasteiger partial charge in [0.1, 0.15) is 0 Å². The van der Waals surface area contributed by atoms with Gasteiger partial charge in [-0.3, -0.25) is 4.90 Å². The zero-order valence-corrected chi connectivity index (χ0v) is 13.9. The Bertz CT molecular complexity index is 480. The normalized spacial score (nSPS) is 29.1. The molecular weight excluding hydrogens is 256 g/mol. The number of benzene rings is 1. The minimum atomic E-state index is 0.250. The Morgan fingerprint density at radius 3 is 2.90 bits per heavy atom. The summed E-state index contributed by atoms with van der Waals surface area (Å²) < 4.78 is 0. The van der Waals surface area contributed by atoms with Gasteiger partial charge in [0.25, 0.3) is 0 Å². The van der Waals surface area contributed by atoms with Crippen molar-refractivity contribution in [3.05, 3.63) is 35.4 Å². The van der Waals surface area contributed by atoms with E-state index in [1.54, 1.807) is 11.1 Å². The number of rotatable bonds is 3. The van der Waals surface area contributed by atoms with Gasteiger partial charge in [0, 0.05) is 31.2 Å². The molecule has 0 radical (unpaired) electrons. The second-order valence-electron chi connectivity index (χ2n) is 7.54. The molecule has 0 spiro atoms. The average molecular weight is 286 g/mol. The molecule has 21 heavy (non-hydrogen) atoms. The summed E-state index contributed by atoms with van der Waals surface area (Å²) in [7, 11) is 0. The second-order valence-corrected chi connectivity index (χ2v) is 7.54. The third-order valence-corrected chi connectivity index (χ3v) is 5.35. The Kier molecular flexibility index (Phi) is 4.37. The van der Waals surface area contributed by atoms with Gasteiger partial charge in [-0.2, -0.15) is 0 Å². The highest BCUT2D eigenvalue weighted by atomic mass is 15.2. The van der Waals surface area contributed by atoms with Crippen molar-refractivity contribution in [1.29, 1.82) is 0 Å². The van der Waals surface area contributed by atoms with E-state index < -0.39 is 0 Å². The summed E-state index contributed by atoms with van der Waals surface area (Å²) in [6, 6.07) is 9.82. The highest BCUT2D eigenvalue weighted by Crippen LogP contribution is 2.33. The number of nitrogens with one attached hydrogen (secondary N) is 1. The third-order valence-electron chi connectivity index (χ3n) is 5.35. The number of hydrogen-bond donors (Lipinski definition) is 1. The average Bonchev–Trinajstić information content (AvgIpc) is 2.47. The van der Waals surface area contributed by atoms with E-state index in [2.05, 4.69) is 55.3 Å². The molecule has 0 aromatic heterocycles. The fraction of sp³-hybridized carbons (Fsp3) is 0.684. The highest BCUT2D eigenvalue weighted by Gasteiger charge is 2.33. The van der Waals surface area contributed by atoms with Gasteiger partial charge in [-0.15, -0.1) is 0 Å². The molecule has 1 aliphatic carbocycles. The van der Waals surface area contributed by atoms with Gasteiger partial charge in [0.2, 0.25) is 0 Å². The molecule has 1 N–H and O–H groups in total. The first-order valence-electron chi connectivity index (χ1n) is 8.66. The fourth-order valence-corrected chi connectivity index (χ4v) is 4.16. The molecule has 2 nitrogen and oxygen atoms in total. The zero-order chi connectivity index (χ0) is 14.9. The van der Waals surface area contributed by atoms with E-state index >= 15 is 0 Å². The smallest absolute Gasteiger partial charge is 0.0252 e. The summed E-state index contributed by atoms with van der Waals surface area (Å²) in [5, 5.41) is 3.70. The molecule has 1 saturated heterocycles. The molecule has 1 aromatic carbocycles. The first-order chi connectivity index (χ1) is 10.1. The van der Waals surface area contributed by atoms with Crippen LogP contribution in [0.5, 0.6) is 0 Å². The Labute approximate surface area is 129 Å². The number of aryl methyl sites for hydroxylation is 1. The molecule has 116 valence electrons. The van der Waals surface area contributed by atoms with E-state index in [0.717, 1.165) is 12.5 Å². The molecule has 2 atom stereocenters. The molecule has 2 heteroatoms. The summed E-state index contributed by atoms with van der Waals surface area (Å²) in [6.45, 7) is 10.5. The van der Waals surface area contributed by atoms with Crippen molar-refractivity contribution < 1.29 is 0 Å². The lowest BCUT2D eigenvalue weighted by atomic mass is 9.82. The number of fused-ring (bicyclic) bond motifs is 1. The summed E-state index contributed by atoms with van der Waals surface area (Å²) in [5.74, 6) is 0.734. The molecule has 3 rings (SSSR count). The van der Waals surface area contributed by atoms with Crippen LogP contribution in [-0.2, 0) is 6.42 Å². The molecule has 1 aliphatic heterocycles. The molecule has 0 saturated carbocycles. The Morgan fingerprint density at radius 1 is 1.29 bits per heavy atom. The molecular formula is C19H30N2. The predicted octanol–water partition coefficient (Wildman–Crippen LogP) is 3.57. The van der Waals surface area contributed by atoms with E-state index in [1.807, 2.05) is 0 Å². The van der Waals surface area contributed by atoms with Crippen molar-refractivity contribution >= 4 is 0 Å². The maximum absolute atomic E-state index is 3.70. The highest BCUT2D eigenvalue weighted by molar-refractivity contribution is 5.32. The number of piperazine rings is 1. The van der Waals surface area contributed by atoms with Gasteiger partial charge in [-0.1, -0.05) is 31.2 Å². The van der Waals surface area contributed by atoms with Crippen molar-refractivity contribution in [2.24, 2.45) is 0 Å². The maximum Gasteiger partial charge on any atom is 0.0252 e. The van der Waals surface area contributed by atoms with Gasteiger partial charge in [-0.25, -0.2) is 0 Å². The van der Waals surface area contributed by atoms with Crippen molar-refractivity contribution in [3.8, 4) is 0 Å². The van der Waals surface area contributed by atoms with E-state index in [9.17, 15) is 0 Å². The van der Waals surface area contributed by atoms with Crippen LogP contribution < -0.4 is 5.32 Å². The van der Waals surface area contributed by atoms with Crippen LogP contribution in [0.4, 0.5) is 0 Å². The predicted molar refractivity (Wildman–Crippen MR) is 89.9 cm³/mol. The van der Waals surface area contributed by atoms with E-state index in [4.69, 9.17) is 0 Å². The Morgan fingerprint density at radius 2 is 2.10 bits per heavy atom. The topological polar surface area (TPSA) is 15.3 Å². The minimum Gasteiger partial charge on any atom is -0.309 e. The fourth-order valence-electron chi connectivity index (χ4n) is 4.16. The van der Waals surface area contributed by atoms with Crippen LogP contribution in [0.2, 0.25) is 0 Å². The van der Waals surface area contributed by atoms with Crippen LogP contribution in [0.3, 0.4) is 0 Å².